The predicted molar refractivity (Wildman–Crippen MR) is 76.9 cm³/mol. The number of aliphatic hydroxyl groups is 1. The van der Waals surface area contributed by atoms with Crippen molar-refractivity contribution < 1.29 is 5.11 Å². The standard InChI is InChI=1S/C13H13IOS/c1-9-2-7-13(16-9)12(15)8-10-3-5-11(14)6-4-10/h2-7,12,15H,8H2,1H3. The first-order chi connectivity index (χ1) is 7.65. The van der Waals surface area contributed by atoms with Crippen molar-refractivity contribution in [2.75, 3.05) is 0 Å². The molecule has 0 aliphatic rings. The Labute approximate surface area is 113 Å². The Hall–Kier alpha value is -0.390. The summed E-state index contributed by atoms with van der Waals surface area (Å²) in [6.45, 7) is 2.06. The summed E-state index contributed by atoms with van der Waals surface area (Å²) < 4.78 is 1.22. The Morgan fingerprint density at radius 1 is 1.19 bits per heavy atom. The minimum absolute atomic E-state index is 0.376. The Kier molecular flexibility index (Phi) is 4.00. The van der Waals surface area contributed by atoms with E-state index in [0.717, 1.165) is 4.88 Å². The van der Waals surface area contributed by atoms with Gasteiger partial charge in [0, 0.05) is 19.7 Å². The summed E-state index contributed by atoms with van der Waals surface area (Å²) in [7, 11) is 0. The average molecular weight is 344 g/mol. The molecule has 1 atom stereocenters. The number of hydrogen-bond donors (Lipinski definition) is 1. The van der Waals surface area contributed by atoms with E-state index in [4.69, 9.17) is 0 Å². The van der Waals surface area contributed by atoms with Gasteiger partial charge in [-0.25, -0.2) is 0 Å². The van der Waals surface area contributed by atoms with Crippen LogP contribution in [0.1, 0.15) is 21.4 Å². The van der Waals surface area contributed by atoms with Crippen LogP contribution in [0.2, 0.25) is 0 Å². The summed E-state index contributed by atoms with van der Waals surface area (Å²) in [6.07, 6.45) is 0.315. The van der Waals surface area contributed by atoms with Gasteiger partial charge >= 0.3 is 0 Å². The number of aryl methyl sites for hydroxylation is 1. The molecule has 2 rings (SSSR count). The van der Waals surface area contributed by atoms with Crippen molar-refractivity contribution in [1.29, 1.82) is 0 Å². The molecule has 0 aliphatic carbocycles. The molecule has 1 N–H and O–H groups in total. The van der Waals surface area contributed by atoms with E-state index in [1.165, 1.54) is 14.0 Å². The third-order valence-electron chi connectivity index (χ3n) is 2.43. The first-order valence-electron chi connectivity index (χ1n) is 5.14. The molecule has 0 amide bonds. The summed E-state index contributed by atoms with van der Waals surface area (Å²) in [5.74, 6) is 0. The fourth-order valence-corrected chi connectivity index (χ4v) is 2.80. The lowest BCUT2D eigenvalue weighted by Gasteiger charge is -2.08. The largest absolute Gasteiger partial charge is 0.387 e. The Morgan fingerprint density at radius 2 is 1.88 bits per heavy atom. The first-order valence-corrected chi connectivity index (χ1v) is 7.03. The van der Waals surface area contributed by atoms with Crippen LogP contribution in [0.25, 0.3) is 0 Å². The second-order valence-corrected chi connectivity index (χ2v) is 6.36. The van der Waals surface area contributed by atoms with Gasteiger partial charge in [0.05, 0.1) is 6.10 Å². The molecule has 2 aromatic rings. The maximum Gasteiger partial charge on any atom is 0.0922 e. The molecule has 0 spiro atoms. The zero-order valence-corrected chi connectivity index (χ0v) is 12.0. The number of halogens is 1. The van der Waals surface area contributed by atoms with Gasteiger partial charge in [-0.05, 0) is 59.3 Å². The molecule has 0 bridgehead atoms. The van der Waals surface area contributed by atoms with Crippen molar-refractivity contribution in [3.05, 3.63) is 55.3 Å². The molecular formula is C13H13IOS. The van der Waals surface area contributed by atoms with Crippen LogP contribution in [0.5, 0.6) is 0 Å². The van der Waals surface area contributed by atoms with Gasteiger partial charge in [0.15, 0.2) is 0 Å². The van der Waals surface area contributed by atoms with E-state index >= 15 is 0 Å². The number of aliphatic hydroxyl groups excluding tert-OH is 1. The summed E-state index contributed by atoms with van der Waals surface area (Å²) in [5, 5.41) is 10.1. The summed E-state index contributed by atoms with van der Waals surface area (Å²) in [4.78, 5) is 2.30. The molecule has 1 unspecified atom stereocenters. The van der Waals surface area contributed by atoms with Gasteiger partial charge in [0.25, 0.3) is 0 Å². The van der Waals surface area contributed by atoms with Gasteiger partial charge in [-0.15, -0.1) is 11.3 Å². The van der Waals surface area contributed by atoms with E-state index in [-0.39, 0.29) is 6.10 Å². The molecule has 0 radical (unpaired) electrons. The average Bonchev–Trinajstić information content (AvgIpc) is 2.68. The quantitative estimate of drug-likeness (QED) is 0.837. The predicted octanol–water partition coefficient (Wildman–Crippen LogP) is 3.94. The maximum atomic E-state index is 10.1. The highest BCUT2D eigenvalue weighted by molar-refractivity contribution is 14.1. The third-order valence-corrected chi connectivity index (χ3v) is 4.25. The van der Waals surface area contributed by atoms with Crippen LogP contribution in [0.15, 0.2) is 36.4 Å². The van der Waals surface area contributed by atoms with Crippen LogP contribution in [-0.2, 0) is 6.42 Å². The van der Waals surface area contributed by atoms with Crippen LogP contribution < -0.4 is 0 Å². The molecule has 3 heteroatoms. The normalized spacial score (nSPS) is 12.7. The minimum atomic E-state index is -0.376. The first kappa shape index (κ1) is 12.1. The van der Waals surface area contributed by atoms with Gasteiger partial charge in [-0.3, -0.25) is 0 Å². The van der Waals surface area contributed by atoms with Gasteiger partial charge in [-0.2, -0.15) is 0 Å². The molecule has 84 valence electrons. The van der Waals surface area contributed by atoms with Crippen LogP contribution >= 0.6 is 33.9 Å². The van der Waals surface area contributed by atoms with Gasteiger partial charge in [-0.1, -0.05) is 12.1 Å². The van der Waals surface area contributed by atoms with E-state index in [2.05, 4.69) is 59.8 Å². The molecule has 16 heavy (non-hydrogen) atoms. The molecule has 1 aromatic heterocycles. The van der Waals surface area contributed by atoms with Crippen molar-refractivity contribution in [2.24, 2.45) is 0 Å². The van der Waals surface area contributed by atoms with Crippen molar-refractivity contribution in [2.45, 2.75) is 19.4 Å². The number of thiophene rings is 1. The zero-order valence-electron chi connectivity index (χ0n) is 8.98. The molecule has 0 aliphatic heterocycles. The van der Waals surface area contributed by atoms with Crippen molar-refractivity contribution in [3.63, 3.8) is 0 Å². The van der Waals surface area contributed by atoms with Gasteiger partial charge in [0.1, 0.15) is 0 Å². The van der Waals surface area contributed by atoms with Gasteiger partial charge < -0.3 is 5.11 Å². The van der Waals surface area contributed by atoms with E-state index < -0.39 is 0 Å². The van der Waals surface area contributed by atoms with E-state index in [1.54, 1.807) is 11.3 Å². The lowest BCUT2D eigenvalue weighted by molar-refractivity contribution is 0.182. The fourth-order valence-electron chi connectivity index (χ4n) is 1.58. The number of rotatable bonds is 3. The summed E-state index contributed by atoms with van der Waals surface area (Å²) in [6, 6.07) is 12.4. The second kappa shape index (κ2) is 5.29. The van der Waals surface area contributed by atoms with Crippen LogP contribution in [-0.4, -0.2) is 5.11 Å². The lowest BCUT2D eigenvalue weighted by atomic mass is 10.1. The van der Waals surface area contributed by atoms with Crippen molar-refractivity contribution >= 4 is 33.9 Å². The number of hydrogen-bond acceptors (Lipinski definition) is 2. The highest BCUT2D eigenvalue weighted by atomic mass is 127. The SMILES string of the molecule is Cc1ccc(C(O)Cc2ccc(I)cc2)s1. The smallest absolute Gasteiger partial charge is 0.0922 e. The summed E-state index contributed by atoms with van der Waals surface area (Å²) in [5.41, 5.74) is 1.18. The van der Waals surface area contributed by atoms with Crippen molar-refractivity contribution in [3.8, 4) is 0 Å². The zero-order chi connectivity index (χ0) is 11.5. The van der Waals surface area contributed by atoms with Gasteiger partial charge in [0.2, 0.25) is 0 Å². The Balaban J connectivity index is 2.07. The van der Waals surface area contributed by atoms with Crippen LogP contribution in [0, 0.1) is 10.5 Å². The second-order valence-electron chi connectivity index (χ2n) is 3.79. The topological polar surface area (TPSA) is 20.2 Å². The third kappa shape index (κ3) is 3.06. The minimum Gasteiger partial charge on any atom is -0.387 e. The molecule has 1 heterocycles. The van der Waals surface area contributed by atoms with E-state index in [0.29, 0.717) is 6.42 Å². The fraction of sp³-hybridized carbons (Fsp3) is 0.231. The Morgan fingerprint density at radius 3 is 2.44 bits per heavy atom. The maximum absolute atomic E-state index is 10.1. The molecule has 0 fully saturated rings. The van der Waals surface area contributed by atoms with E-state index in [9.17, 15) is 5.11 Å². The van der Waals surface area contributed by atoms with Crippen molar-refractivity contribution in [1.82, 2.24) is 0 Å². The Bertz CT molecular complexity index is 461. The van der Waals surface area contributed by atoms with Crippen LogP contribution in [0.3, 0.4) is 0 Å². The van der Waals surface area contributed by atoms with E-state index in [1.807, 2.05) is 6.07 Å². The molecule has 0 saturated carbocycles. The highest BCUT2D eigenvalue weighted by Crippen LogP contribution is 2.25. The molecule has 0 saturated heterocycles. The highest BCUT2D eigenvalue weighted by Gasteiger charge is 2.10. The molecular weight excluding hydrogens is 331 g/mol. The lowest BCUT2D eigenvalue weighted by Crippen LogP contribution is -1.99. The van der Waals surface area contributed by atoms with Crippen LogP contribution in [0.4, 0.5) is 0 Å². The molecule has 1 nitrogen and oxygen atoms in total. The monoisotopic (exact) mass is 344 g/mol. The number of benzene rings is 1. The molecule has 1 aromatic carbocycles. The summed E-state index contributed by atoms with van der Waals surface area (Å²) >= 11 is 3.95.